The molecule has 0 radical (unpaired) electrons. The molecule has 1 aromatic heterocycles. The number of sulfonamides is 1. The fourth-order valence-electron chi connectivity index (χ4n) is 3.46. The number of nitrogens with one attached hydrogen (secondary N) is 2. The van der Waals surface area contributed by atoms with E-state index in [2.05, 4.69) is 15.8 Å². The standard InChI is InChI=1S/C27H21Cl3N4O5S/c28-19-7-11-23(12-8-19)40(37,38)34(16-18-6-13-24(29)25(30)14-18)17-22-10-9-21(39-22)15-31-33-27(36)26(35)32-20-4-2-1-3-5-20/h1-15H,16-17H2,(H,32,35)(H,33,36)/b31-15+. The molecule has 0 saturated carbocycles. The van der Waals surface area contributed by atoms with Crippen molar-refractivity contribution in [2.75, 3.05) is 5.32 Å². The molecule has 2 amide bonds. The molecule has 0 aliphatic rings. The van der Waals surface area contributed by atoms with Crippen molar-refractivity contribution >= 4 is 68.5 Å². The van der Waals surface area contributed by atoms with Crippen LogP contribution >= 0.6 is 34.8 Å². The number of rotatable bonds is 9. The summed E-state index contributed by atoms with van der Waals surface area (Å²) in [5, 5.41) is 7.21. The third-order valence-electron chi connectivity index (χ3n) is 5.40. The van der Waals surface area contributed by atoms with E-state index in [0.717, 1.165) is 0 Å². The lowest BCUT2D eigenvalue weighted by molar-refractivity contribution is -0.136. The summed E-state index contributed by atoms with van der Waals surface area (Å²) in [6.07, 6.45) is 1.19. The number of hydrogen-bond donors (Lipinski definition) is 2. The number of amides is 2. The minimum Gasteiger partial charge on any atom is -0.459 e. The summed E-state index contributed by atoms with van der Waals surface area (Å²) in [7, 11) is -3.99. The van der Waals surface area contributed by atoms with Gasteiger partial charge < -0.3 is 9.73 Å². The van der Waals surface area contributed by atoms with E-state index in [1.807, 2.05) is 0 Å². The molecule has 40 heavy (non-hydrogen) atoms. The van der Waals surface area contributed by atoms with Crippen molar-refractivity contribution in [1.29, 1.82) is 0 Å². The minimum atomic E-state index is -3.99. The Hall–Kier alpha value is -3.67. The van der Waals surface area contributed by atoms with Gasteiger partial charge in [-0.25, -0.2) is 13.8 Å². The van der Waals surface area contributed by atoms with Gasteiger partial charge in [0.15, 0.2) is 0 Å². The first-order valence-electron chi connectivity index (χ1n) is 11.6. The largest absolute Gasteiger partial charge is 0.459 e. The molecule has 0 aliphatic heterocycles. The first kappa shape index (κ1) is 29.3. The van der Waals surface area contributed by atoms with Crippen LogP contribution in [0.1, 0.15) is 17.1 Å². The lowest BCUT2D eigenvalue weighted by Gasteiger charge is -2.22. The predicted molar refractivity (Wildman–Crippen MR) is 154 cm³/mol. The van der Waals surface area contributed by atoms with Gasteiger partial charge in [-0.05, 0) is 66.2 Å². The quantitative estimate of drug-likeness (QED) is 0.141. The van der Waals surface area contributed by atoms with Crippen molar-refractivity contribution in [2.45, 2.75) is 18.0 Å². The van der Waals surface area contributed by atoms with Crippen LogP contribution in [0.5, 0.6) is 0 Å². The Morgan fingerprint density at radius 2 is 1.57 bits per heavy atom. The fourth-order valence-corrected chi connectivity index (χ4v) is 5.30. The van der Waals surface area contributed by atoms with Gasteiger partial charge in [0.05, 0.1) is 27.7 Å². The molecule has 9 nitrogen and oxygen atoms in total. The molecule has 4 rings (SSSR count). The van der Waals surface area contributed by atoms with E-state index in [1.54, 1.807) is 60.7 Å². The number of hydrogen-bond acceptors (Lipinski definition) is 6. The Morgan fingerprint density at radius 1 is 0.850 bits per heavy atom. The van der Waals surface area contributed by atoms with E-state index in [4.69, 9.17) is 39.2 Å². The van der Waals surface area contributed by atoms with Crippen LogP contribution in [-0.4, -0.2) is 30.8 Å². The first-order valence-corrected chi connectivity index (χ1v) is 14.2. The molecular formula is C27H21Cl3N4O5S. The summed E-state index contributed by atoms with van der Waals surface area (Å²) < 4.78 is 34.0. The van der Waals surface area contributed by atoms with E-state index in [0.29, 0.717) is 32.1 Å². The summed E-state index contributed by atoms with van der Waals surface area (Å²) in [6.45, 7) is -0.163. The zero-order valence-corrected chi connectivity index (χ0v) is 23.6. The van der Waals surface area contributed by atoms with Gasteiger partial charge in [0.1, 0.15) is 11.5 Å². The van der Waals surface area contributed by atoms with Gasteiger partial charge in [0.25, 0.3) is 0 Å². The second-order valence-electron chi connectivity index (χ2n) is 8.30. The second kappa shape index (κ2) is 13.1. The highest BCUT2D eigenvalue weighted by molar-refractivity contribution is 7.89. The number of para-hydroxylation sites is 1. The third-order valence-corrected chi connectivity index (χ3v) is 8.20. The summed E-state index contributed by atoms with van der Waals surface area (Å²) in [6, 6.07) is 22.2. The zero-order valence-electron chi connectivity index (χ0n) is 20.6. The van der Waals surface area contributed by atoms with E-state index in [1.165, 1.54) is 34.8 Å². The maximum atomic E-state index is 13.5. The molecule has 0 aliphatic carbocycles. The lowest BCUT2D eigenvalue weighted by atomic mass is 10.2. The second-order valence-corrected chi connectivity index (χ2v) is 11.5. The minimum absolute atomic E-state index is 0.0292. The number of hydrazone groups is 1. The normalized spacial score (nSPS) is 11.6. The van der Waals surface area contributed by atoms with Crippen LogP contribution in [0.2, 0.25) is 15.1 Å². The molecule has 0 fully saturated rings. The summed E-state index contributed by atoms with van der Waals surface area (Å²) in [4.78, 5) is 24.0. The molecule has 4 aromatic rings. The van der Waals surface area contributed by atoms with Crippen LogP contribution in [0.4, 0.5) is 5.69 Å². The van der Waals surface area contributed by atoms with Gasteiger partial charge in [-0.15, -0.1) is 0 Å². The highest BCUT2D eigenvalue weighted by Gasteiger charge is 2.26. The van der Waals surface area contributed by atoms with Crippen molar-refractivity contribution in [3.8, 4) is 0 Å². The maximum Gasteiger partial charge on any atom is 0.329 e. The van der Waals surface area contributed by atoms with Crippen LogP contribution < -0.4 is 10.7 Å². The third kappa shape index (κ3) is 7.71. The SMILES string of the molecule is O=C(N/N=C/c1ccc(CN(Cc2ccc(Cl)c(Cl)c2)S(=O)(=O)c2ccc(Cl)cc2)o1)C(=O)Nc1ccccc1. The van der Waals surface area contributed by atoms with E-state index >= 15 is 0 Å². The Bertz CT molecular complexity index is 1640. The van der Waals surface area contributed by atoms with Crippen molar-refractivity contribution < 1.29 is 22.4 Å². The number of anilines is 1. The van der Waals surface area contributed by atoms with Crippen LogP contribution in [0.25, 0.3) is 0 Å². The van der Waals surface area contributed by atoms with Crippen LogP contribution in [-0.2, 0) is 32.7 Å². The molecule has 0 spiro atoms. The molecule has 1 heterocycles. The van der Waals surface area contributed by atoms with Crippen LogP contribution in [0, 0.1) is 0 Å². The molecule has 13 heteroatoms. The highest BCUT2D eigenvalue weighted by atomic mass is 35.5. The van der Waals surface area contributed by atoms with Crippen molar-refractivity contribution in [2.24, 2.45) is 5.10 Å². The van der Waals surface area contributed by atoms with Crippen molar-refractivity contribution in [1.82, 2.24) is 9.73 Å². The maximum absolute atomic E-state index is 13.5. The smallest absolute Gasteiger partial charge is 0.329 e. The number of furan rings is 1. The monoisotopic (exact) mass is 618 g/mol. The Balaban J connectivity index is 1.47. The molecule has 3 aromatic carbocycles. The first-order chi connectivity index (χ1) is 19.1. The van der Waals surface area contributed by atoms with Crippen LogP contribution in [0.3, 0.4) is 0 Å². The molecule has 0 bridgehead atoms. The molecule has 0 saturated heterocycles. The average Bonchev–Trinajstić information content (AvgIpc) is 3.38. The summed E-state index contributed by atoms with van der Waals surface area (Å²) in [5.74, 6) is -1.35. The average molecular weight is 620 g/mol. The van der Waals surface area contributed by atoms with E-state index in [9.17, 15) is 18.0 Å². The van der Waals surface area contributed by atoms with E-state index < -0.39 is 21.8 Å². The summed E-state index contributed by atoms with van der Waals surface area (Å²) in [5.41, 5.74) is 3.18. The number of carbonyl (C=O) groups is 2. The van der Waals surface area contributed by atoms with Gasteiger partial charge in [0.2, 0.25) is 10.0 Å². The zero-order chi connectivity index (χ0) is 28.7. The lowest BCUT2D eigenvalue weighted by Crippen LogP contribution is -2.32. The highest BCUT2D eigenvalue weighted by Crippen LogP contribution is 2.27. The van der Waals surface area contributed by atoms with Crippen LogP contribution in [0.15, 0.2) is 99.3 Å². The molecule has 0 atom stereocenters. The molecule has 206 valence electrons. The topological polar surface area (TPSA) is 121 Å². The number of nitrogens with zero attached hydrogens (tertiary/aromatic N) is 2. The van der Waals surface area contributed by atoms with Crippen molar-refractivity contribution in [3.63, 3.8) is 0 Å². The molecule has 0 unspecified atom stereocenters. The van der Waals surface area contributed by atoms with Gasteiger partial charge in [-0.3, -0.25) is 9.59 Å². The molecule has 2 N–H and O–H groups in total. The van der Waals surface area contributed by atoms with Gasteiger partial charge in [0, 0.05) is 17.3 Å². The number of carbonyl (C=O) groups excluding carboxylic acids is 2. The van der Waals surface area contributed by atoms with Gasteiger partial charge >= 0.3 is 11.8 Å². The Labute approximate surface area is 245 Å². The fraction of sp³-hybridized carbons (Fsp3) is 0.0741. The predicted octanol–water partition coefficient (Wildman–Crippen LogP) is 5.72. The van der Waals surface area contributed by atoms with E-state index in [-0.39, 0.29) is 23.7 Å². The van der Waals surface area contributed by atoms with Gasteiger partial charge in [-0.2, -0.15) is 9.41 Å². The molecular weight excluding hydrogens is 599 g/mol. The Kier molecular flexibility index (Phi) is 9.62. The summed E-state index contributed by atoms with van der Waals surface area (Å²) >= 11 is 18.1. The van der Waals surface area contributed by atoms with Crippen molar-refractivity contribution in [3.05, 3.63) is 117 Å². The Morgan fingerprint density at radius 3 is 2.27 bits per heavy atom. The van der Waals surface area contributed by atoms with Gasteiger partial charge in [-0.1, -0.05) is 59.1 Å². The number of benzene rings is 3. The number of halogens is 3.